The Morgan fingerprint density at radius 3 is 2.67 bits per heavy atom. The second-order valence-corrected chi connectivity index (χ2v) is 5.51. The van der Waals surface area contributed by atoms with Crippen molar-refractivity contribution >= 4 is 35.7 Å². The van der Waals surface area contributed by atoms with Gasteiger partial charge >= 0.3 is 0 Å². The Kier molecular flexibility index (Phi) is 6.41. The van der Waals surface area contributed by atoms with E-state index < -0.39 is 6.10 Å². The maximum Gasteiger partial charge on any atom is 0.0966 e. The van der Waals surface area contributed by atoms with Crippen molar-refractivity contribution < 1.29 is 5.11 Å². The van der Waals surface area contributed by atoms with Crippen molar-refractivity contribution in [3.8, 4) is 0 Å². The molecule has 0 spiro atoms. The van der Waals surface area contributed by atoms with Crippen LogP contribution in [0, 0.1) is 6.92 Å². The molecule has 1 aromatic carbocycles. The van der Waals surface area contributed by atoms with Crippen LogP contribution in [0.1, 0.15) is 30.2 Å². The molecule has 0 aliphatic carbocycles. The number of nitrogens with zero attached hydrogens (tertiary/aromatic N) is 2. The Bertz CT molecular complexity index is 606. The number of likely N-dealkylation sites (N-methyl/N-ethyl adjacent to an activating group) is 1. The Labute approximate surface area is 138 Å². The summed E-state index contributed by atoms with van der Waals surface area (Å²) in [4.78, 5) is 6.86. The zero-order valence-corrected chi connectivity index (χ0v) is 14.0. The van der Waals surface area contributed by atoms with Crippen LogP contribution in [0.3, 0.4) is 0 Å². The van der Waals surface area contributed by atoms with Crippen LogP contribution in [0.2, 0.25) is 0 Å². The summed E-state index contributed by atoms with van der Waals surface area (Å²) < 4.78 is 0. The second kappa shape index (κ2) is 7.41. The Morgan fingerprint density at radius 2 is 2.00 bits per heavy atom. The first-order chi connectivity index (χ1) is 9.16. The number of aliphatic hydroxyl groups excluding tert-OH is 1. The molecule has 1 N–H and O–H groups in total. The molecule has 1 fully saturated rings. The molecule has 2 atom stereocenters. The molecule has 21 heavy (non-hydrogen) atoms. The standard InChI is InChI=1S/C16H20N2O.2ClH/c1-11-8-9-12-5-3-6-13(15(12)17-11)16(19)14-7-4-10-18(14)2;;/h3,5-6,8-9,14,16,19H,4,7,10H2,1-2H3;2*1H. The molecular formula is C16H22Cl2N2O. The summed E-state index contributed by atoms with van der Waals surface area (Å²) in [5.74, 6) is 0. The Hall–Kier alpha value is -0.870. The average Bonchev–Trinajstić information content (AvgIpc) is 2.83. The molecule has 3 rings (SSSR count). The molecule has 1 aliphatic heterocycles. The molecule has 116 valence electrons. The van der Waals surface area contributed by atoms with E-state index in [1.165, 1.54) is 0 Å². The molecule has 2 unspecified atom stereocenters. The van der Waals surface area contributed by atoms with Gasteiger partial charge in [-0.15, -0.1) is 24.8 Å². The summed E-state index contributed by atoms with van der Waals surface area (Å²) in [6, 6.07) is 10.4. The molecular weight excluding hydrogens is 307 g/mol. The number of hydrogen-bond acceptors (Lipinski definition) is 3. The maximum absolute atomic E-state index is 10.7. The first kappa shape index (κ1) is 18.2. The summed E-state index contributed by atoms with van der Waals surface area (Å²) in [5, 5.41) is 11.8. The van der Waals surface area contributed by atoms with Gasteiger partial charge in [-0.2, -0.15) is 0 Å². The van der Waals surface area contributed by atoms with Gasteiger partial charge in [-0.05, 0) is 39.4 Å². The lowest BCUT2D eigenvalue weighted by Crippen LogP contribution is -2.31. The maximum atomic E-state index is 10.7. The van der Waals surface area contributed by atoms with Crippen molar-refractivity contribution in [2.75, 3.05) is 13.6 Å². The molecule has 5 heteroatoms. The normalized spacial score (nSPS) is 19.9. The van der Waals surface area contributed by atoms with Gasteiger partial charge in [-0.25, -0.2) is 0 Å². The van der Waals surface area contributed by atoms with E-state index in [-0.39, 0.29) is 30.9 Å². The highest BCUT2D eigenvalue weighted by molar-refractivity contribution is 5.85. The number of para-hydroxylation sites is 1. The van der Waals surface area contributed by atoms with E-state index in [0.29, 0.717) is 0 Å². The van der Waals surface area contributed by atoms with Crippen molar-refractivity contribution in [3.05, 3.63) is 41.6 Å². The highest BCUT2D eigenvalue weighted by atomic mass is 35.5. The van der Waals surface area contributed by atoms with E-state index in [2.05, 4.69) is 29.1 Å². The van der Waals surface area contributed by atoms with Gasteiger partial charge in [-0.1, -0.05) is 24.3 Å². The lowest BCUT2D eigenvalue weighted by molar-refractivity contribution is 0.0867. The highest BCUT2D eigenvalue weighted by Crippen LogP contribution is 2.31. The smallest absolute Gasteiger partial charge is 0.0966 e. The second-order valence-electron chi connectivity index (χ2n) is 5.51. The predicted octanol–water partition coefficient (Wildman–Crippen LogP) is 3.51. The van der Waals surface area contributed by atoms with Gasteiger partial charge < -0.3 is 10.0 Å². The zero-order chi connectivity index (χ0) is 13.4. The minimum Gasteiger partial charge on any atom is -0.387 e. The zero-order valence-electron chi connectivity index (χ0n) is 12.3. The van der Waals surface area contributed by atoms with Crippen molar-refractivity contribution in [2.45, 2.75) is 31.9 Å². The van der Waals surface area contributed by atoms with E-state index in [9.17, 15) is 5.11 Å². The van der Waals surface area contributed by atoms with E-state index in [0.717, 1.165) is 41.5 Å². The molecule has 0 radical (unpaired) electrons. The number of likely N-dealkylation sites (tertiary alicyclic amines) is 1. The first-order valence-corrected chi connectivity index (χ1v) is 6.91. The van der Waals surface area contributed by atoms with E-state index in [1.54, 1.807) is 0 Å². The van der Waals surface area contributed by atoms with Gasteiger partial charge in [0.15, 0.2) is 0 Å². The summed E-state index contributed by atoms with van der Waals surface area (Å²) in [5.41, 5.74) is 2.89. The third-order valence-electron chi connectivity index (χ3n) is 4.15. The molecule has 1 saturated heterocycles. The quantitative estimate of drug-likeness (QED) is 0.916. The van der Waals surface area contributed by atoms with E-state index in [4.69, 9.17) is 0 Å². The summed E-state index contributed by atoms with van der Waals surface area (Å²) in [7, 11) is 2.09. The van der Waals surface area contributed by atoms with Crippen molar-refractivity contribution in [3.63, 3.8) is 0 Å². The van der Waals surface area contributed by atoms with Crippen LogP contribution in [0.5, 0.6) is 0 Å². The average molecular weight is 329 g/mol. The van der Waals surface area contributed by atoms with Crippen LogP contribution in [-0.4, -0.2) is 34.6 Å². The molecule has 0 bridgehead atoms. The minimum atomic E-state index is -0.453. The topological polar surface area (TPSA) is 36.4 Å². The fraction of sp³-hybridized carbons (Fsp3) is 0.438. The van der Waals surface area contributed by atoms with Gasteiger partial charge in [0.05, 0.1) is 11.6 Å². The number of benzene rings is 1. The van der Waals surface area contributed by atoms with Crippen molar-refractivity contribution in [1.29, 1.82) is 0 Å². The van der Waals surface area contributed by atoms with Crippen LogP contribution in [0.25, 0.3) is 10.9 Å². The Balaban J connectivity index is 0.00000110. The van der Waals surface area contributed by atoms with Crippen LogP contribution in [0.4, 0.5) is 0 Å². The van der Waals surface area contributed by atoms with Gasteiger partial charge in [0, 0.05) is 22.7 Å². The molecule has 0 amide bonds. The number of aryl methyl sites for hydroxylation is 1. The molecule has 1 aliphatic rings. The number of aliphatic hydroxyl groups is 1. The SMILES string of the molecule is Cc1ccc2cccc(C(O)C3CCCN3C)c2n1.Cl.Cl. The minimum absolute atomic E-state index is 0. The lowest BCUT2D eigenvalue weighted by Gasteiger charge is -2.25. The molecule has 2 aromatic rings. The molecule has 2 heterocycles. The van der Waals surface area contributed by atoms with Gasteiger partial charge in [-0.3, -0.25) is 4.98 Å². The molecule has 0 saturated carbocycles. The van der Waals surface area contributed by atoms with Crippen LogP contribution < -0.4 is 0 Å². The lowest BCUT2D eigenvalue weighted by atomic mass is 9.97. The Morgan fingerprint density at radius 1 is 1.24 bits per heavy atom. The molecule has 1 aromatic heterocycles. The summed E-state index contributed by atoms with van der Waals surface area (Å²) >= 11 is 0. The number of halogens is 2. The largest absolute Gasteiger partial charge is 0.387 e. The van der Waals surface area contributed by atoms with Crippen LogP contribution in [-0.2, 0) is 0 Å². The van der Waals surface area contributed by atoms with Gasteiger partial charge in [0.25, 0.3) is 0 Å². The third-order valence-corrected chi connectivity index (χ3v) is 4.15. The number of hydrogen-bond donors (Lipinski definition) is 1. The van der Waals surface area contributed by atoms with Crippen molar-refractivity contribution in [1.82, 2.24) is 9.88 Å². The summed E-state index contributed by atoms with van der Waals surface area (Å²) in [6.45, 7) is 3.06. The van der Waals surface area contributed by atoms with Crippen LogP contribution in [0.15, 0.2) is 30.3 Å². The van der Waals surface area contributed by atoms with Crippen LogP contribution >= 0.6 is 24.8 Å². The third kappa shape index (κ3) is 3.49. The fourth-order valence-corrected chi connectivity index (χ4v) is 3.05. The van der Waals surface area contributed by atoms with Gasteiger partial charge in [0.1, 0.15) is 0 Å². The number of rotatable bonds is 2. The summed E-state index contributed by atoms with van der Waals surface area (Å²) in [6.07, 6.45) is 1.76. The molecule has 3 nitrogen and oxygen atoms in total. The van der Waals surface area contributed by atoms with E-state index in [1.807, 2.05) is 25.1 Å². The fourth-order valence-electron chi connectivity index (χ4n) is 3.05. The highest BCUT2D eigenvalue weighted by Gasteiger charge is 2.30. The van der Waals surface area contributed by atoms with Crippen molar-refractivity contribution in [2.24, 2.45) is 0 Å². The number of aromatic nitrogens is 1. The number of pyridine rings is 1. The van der Waals surface area contributed by atoms with E-state index >= 15 is 0 Å². The monoisotopic (exact) mass is 328 g/mol. The predicted molar refractivity (Wildman–Crippen MR) is 91.6 cm³/mol. The first-order valence-electron chi connectivity index (χ1n) is 6.91. The van der Waals surface area contributed by atoms with Gasteiger partial charge in [0.2, 0.25) is 0 Å². The number of fused-ring (bicyclic) bond motifs is 1.